The highest BCUT2D eigenvalue weighted by Gasteiger charge is 2.07. The zero-order chi connectivity index (χ0) is 9.97. The van der Waals surface area contributed by atoms with Crippen molar-refractivity contribution in [1.29, 1.82) is 0 Å². The van der Waals surface area contributed by atoms with E-state index in [0.29, 0.717) is 11.3 Å². The third-order valence-corrected chi connectivity index (χ3v) is 2.58. The first-order chi connectivity index (χ1) is 6.81. The molecule has 71 valence electrons. The van der Waals surface area contributed by atoms with Crippen LogP contribution in [0.25, 0.3) is 11.3 Å². The van der Waals surface area contributed by atoms with Crippen LogP contribution in [-0.2, 0) is 0 Å². The summed E-state index contributed by atoms with van der Waals surface area (Å²) < 4.78 is 13.3. The van der Waals surface area contributed by atoms with Crippen molar-refractivity contribution in [3.63, 3.8) is 0 Å². The summed E-state index contributed by atoms with van der Waals surface area (Å²) in [5.74, 6) is -0.267. The van der Waals surface area contributed by atoms with Gasteiger partial charge in [-0.15, -0.1) is 0 Å². The van der Waals surface area contributed by atoms with Gasteiger partial charge in [-0.2, -0.15) is 0 Å². The van der Waals surface area contributed by atoms with Gasteiger partial charge in [-0.1, -0.05) is 23.5 Å². The van der Waals surface area contributed by atoms with E-state index in [9.17, 15) is 4.39 Å². The zero-order valence-corrected chi connectivity index (χ0v) is 8.36. The van der Waals surface area contributed by atoms with Gasteiger partial charge in [-0.25, -0.2) is 9.37 Å². The molecule has 0 aliphatic rings. The van der Waals surface area contributed by atoms with Crippen LogP contribution in [0.1, 0.15) is 0 Å². The predicted octanol–water partition coefficient (Wildman–Crippen LogP) is 2.79. The molecule has 0 saturated carbocycles. The fraction of sp³-hybridized carbons (Fsp3) is 0.100. The number of halogens is 1. The molecule has 0 saturated heterocycles. The topological polar surface area (TPSA) is 24.9 Å². The van der Waals surface area contributed by atoms with E-state index < -0.39 is 0 Å². The first kappa shape index (κ1) is 9.15. The molecular weight excluding hydrogens is 199 g/mol. The maximum atomic E-state index is 13.3. The molecular formula is C10H8FN2S. The maximum Gasteiger partial charge on any atom is 0.183 e. The van der Waals surface area contributed by atoms with Crippen LogP contribution in [0.5, 0.6) is 0 Å². The second kappa shape index (κ2) is 3.75. The highest BCUT2D eigenvalue weighted by molar-refractivity contribution is 7.13. The molecule has 0 aliphatic carbocycles. The molecule has 0 atom stereocenters. The molecule has 1 aromatic heterocycles. The number of rotatable bonds is 2. The van der Waals surface area contributed by atoms with Crippen LogP contribution in [0.2, 0.25) is 0 Å². The van der Waals surface area contributed by atoms with E-state index in [0.717, 1.165) is 5.13 Å². The number of aromatic nitrogens is 1. The van der Waals surface area contributed by atoms with E-state index in [1.54, 1.807) is 25.2 Å². The molecule has 0 unspecified atom stereocenters. The smallest absolute Gasteiger partial charge is 0.183 e. The number of hydrogen-bond acceptors (Lipinski definition) is 3. The Morgan fingerprint density at radius 2 is 2.21 bits per heavy atom. The summed E-state index contributed by atoms with van der Waals surface area (Å²) in [5.41, 5.74) is 1.04. The van der Waals surface area contributed by atoms with Gasteiger partial charge in [0.2, 0.25) is 0 Å². The van der Waals surface area contributed by atoms with Crippen LogP contribution >= 0.6 is 11.3 Å². The SMILES string of the molecule is CNc1nc(-c2ccccc2F)[c]s1. The Hall–Kier alpha value is -1.42. The molecule has 1 heterocycles. The number of hydrogen-bond donors (Lipinski definition) is 1. The zero-order valence-electron chi connectivity index (χ0n) is 7.54. The Labute approximate surface area is 85.4 Å². The summed E-state index contributed by atoms with van der Waals surface area (Å²) in [6.07, 6.45) is 0. The van der Waals surface area contributed by atoms with Crippen molar-refractivity contribution in [3.8, 4) is 11.3 Å². The fourth-order valence-electron chi connectivity index (χ4n) is 1.12. The van der Waals surface area contributed by atoms with Crippen molar-refractivity contribution >= 4 is 16.5 Å². The van der Waals surface area contributed by atoms with Crippen molar-refractivity contribution in [2.75, 3.05) is 12.4 Å². The molecule has 2 rings (SSSR count). The van der Waals surface area contributed by atoms with Gasteiger partial charge in [0, 0.05) is 12.6 Å². The Bertz CT molecular complexity index is 439. The molecule has 14 heavy (non-hydrogen) atoms. The number of nitrogens with one attached hydrogen (secondary N) is 1. The lowest BCUT2D eigenvalue weighted by Crippen LogP contribution is -1.87. The van der Waals surface area contributed by atoms with Crippen molar-refractivity contribution in [2.45, 2.75) is 0 Å². The van der Waals surface area contributed by atoms with E-state index in [4.69, 9.17) is 0 Å². The van der Waals surface area contributed by atoms with Crippen molar-refractivity contribution < 1.29 is 4.39 Å². The van der Waals surface area contributed by atoms with Gasteiger partial charge in [0.15, 0.2) is 5.13 Å². The Kier molecular flexibility index (Phi) is 2.45. The number of benzene rings is 1. The van der Waals surface area contributed by atoms with Crippen molar-refractivity contribution in [1.82, 2.24) is 4.98 Å². The van der Waals surface area contributed by atoms with E-state index in [2.05, 4.69) is 15.7 Å². The van der Waals surface area contributed by atoms with Gasteiger partial charge in [0.1, 0.15) is 5.82 Å². The normalized spacial score (nSPS) is 10.1. The second-order valence-electron chi connectivity index (χ2n) is 2.70. The molecule has 0 spiro atoms. The highest BCUT2D eigenvalue weighted by atomic mass is 32.1. The minimum atomic E-state index is -0.267. The van der Waals surface area contributed by atoms with Crippen LogP contribution in [0.15, 0.2) is 24.3 Å². The van der Waals surface area contributed by atoms with E-state index in [1.807, 2.05) is 0 Å². The predicted molar refractivity (Wildman–Crippen MR) is 55.9 cm³/mol. The summed E-state index contributed by atoms with van der Waals surface area (Å²) in [7, 11) is 1.78. The third-order valence-electron chi connectivity index (χ3n) is 1.80. The molecule has 1 N–H and O–H groups in total. The van der Waals surface area contributed by atoms with E-state index in [-0.39, 0.29) is 5.82 Å². The summed E-state index contributed by atoms with van der Waals surface area (Å²) in [6, 6.07) is 6.55. The number of anilines is 1. The lowest BCUT2D eigenvalue weighted by atomic mass is 10.2. The molecule has 4 heteroatoms. The molecule has 0 fully saturated rings. The molecule has 1 aromatic carbocycles. The Morgan fingerprint density at radius 3 is 2.86 bits per heavy atom. The van der Waals surface area contributed by atoms with Gasteiger partial charge in [0.05, 0.1) is 11.1 Å². The standard InChI is InChI=1S/C10H8FN2S/c1-12-10-13-9(6-14-10)7-4-2-3-5-8(7)11/h2-5H,1H3,(H,12,13). The summed E-state index contributed by atoms with van der Waals surface area (Å²) >= 11 is 1.34. The quantitative estimate of drug-likeness (QED) is 0.819. The van der Waals surface area contributed by atoms with Gasteiger partial charge in [-0.3, -0.25) is 0 Å². The van der Waals surface area contributed by atoms with Crippen LogP contribution in [0.4, 0.5) is 9.52 Å². The monoisotopic (exact) mass is 207 g/mol. The van der Waals surface area contributed by atoms with Crippen LogP contribution in [0.3, 0.4) is 0 Å². The molecule has 0 aliphatic heterocycles. The molecule has 1 radical (unpaired) electrons. The van der Waals surface area contributed by atoms with Crippen molar-refractivity contribution in [3.05, 3.63) is 35.5 Å². The van der Waals surface area contributed by atoms with Crippen LogP contribution in [-0.4, -0.2) is 12.0 Å². The average molecular weight is 207 g/mol. The summed E-state index contributed by atoms with van der Waals surface area (Å²) in [4.78, 5) is 4.17. The summed E-state index contributed by atoms with van der Waals surface area (Å²) in [5, 5.41) is 6.57. The minimum absolute atomic E-state index is 0.267. The summed E-state index contributed by atoms with van der Waals surface area (Å²) in [6.45, 7) is 0. The fourth-order valence-corrected chi connectivity index (χ4v) is 1.71. The van der Waals surface area contributed by atoms with E-state index >= 15 is 0 Å². The third kappa shape index (κ3) is 1.61. The van der Waals surface area contributed by atoms with Gasteiger partial charge in [0.25, 0.3) is 0 Å². The maximum absolute atomic E-state index is 13.3. The van der Waals surface area contributed by atoms with Gasteiger partial charge in [-0.05, 0) is 12.1 Å². The molecule has 0 amide bonds. The molecule has 2 aromatic rings. The average Bonchev–Trinajstić information content (AvgIpc) is 2.67. The lowest BCUT2D eigenvalue weighted by Gasteiger charge is -1.96. The first-order valence-corrected chi connectivity index (χ1v) is 4.94. The minimum Gasteiger partial charge on any atom is -0.365 e. The lowest BCUT2D eigenvalue weighted by molar-refractivity contribution is 0.631. The number of thiazole rings is 1. The van der Waals surface area contributed by atoms with Crippen molar-refractivity contribution in [2.24, 2.45) is 0 Å². The molecule has 2 nitrogen and oxygen atoms in total. The number of nitrogens with zero attached hydrogens (tertiary/aromatic N) is 1. The second-order valence-corrected chi connectivity index (χ2v) is 3.49. The van der Waals surface area contributed by atoms with Crippen LogP contribution in [0, 0.1) is 11.2 Å². The highest BCUT2D eigenvalue weighted by Crippen LogP contribution is 2.25. The van der Waals surface area contributed by atoms with Gasteiger partial charge >= 0.3 is 0 Å². The van der Waals surface area contributed by atoms with E-state index in [1.165, 1.54) is 17.4 Å². The van der Waals surface area contributed by atoms with Gasteiger partial charge < -0.3 is 5.32 Å². The van der Waals surface area contributed by atoms with Crippen LogP contribution < -0.4 is 5.32 Å². The Balaban J connectivity index is 2.44. The largest absolute Gasteiger partial charge is 0.365 e. The first-order valence-electron chi connectivity index (χ1n) is 4.12. The molecule has 0 bridgehead atoms. The Morgan fingerprint density at radius 1 is 1.43 bits per heavy atom.